The van der Waals surface area contributed by atoms with E-state index in [1.165, 1.54) is 24.3 Å². The van der Waals surface area contributed by atoms with E-state index in [0.717, 1.165) is 5.56 Å². The second kappa shape index (κ2) is 5.36. The Morgan fingerprint density at radius 1 is 1.27 bits per heavy atom. The Morgan fingerprint density at radius 2 is 2.09 bits per heavy atom. The summed E-state index contributed by atoms with van der Waals surface area (Å²) in [4.78, 5) is 26.0. The molecule has 2 heterocycles. The van der Waals surface area contributed by atoms with Crippen LogP contribution < -0.4 is 16.4 Å². The number of fused-ring (bicyclic) bond motifs is 1. The third-order valence-electron chi connectivity index (χ3n) is 3.26. The van der Waals surface area contributed by atoms with Gasteiger partial charge in [0.25, 0.3) is 11.8 Å². The molecule has 0 unspecified atom stereocenters. The third kappa shape index (κ3) is 2.69. The molecule has 1 aliphatic rings. The highest BCUT2D eigenvalue weighted by Crippen LogP contribution is 2.23. The molecule has 0 spiro atoms. The summed E-state index contributed by atoms with van der Waals surface area (Å²) in [6.45, 7) is 0.368. The lowest BCUT2D eigenvalue weighted by atomic mass is 10.1. The summed E-state index contributed by atoms with van der Waals surface area (Å²) in [6, 6.07) is 7.04. The van der Waals surface area contributed by atoms with E-state index in [0.29, 0.717) is 18.1 Å². The third-order valence-corrected chi connectivity index (χ3v) is 3.26. The molecule has 2 aromatic rings. The van der Waals surface area contributed by atoms with Crippen molar-refractivity contribution >= 4 is 23.7 Å². The summed E-state index contributed by atoms with van der Waals surface area (Å²) in [5.74, 6) is -0.767. The fraction of sp³-hybridized carbons (Fsp3) is 0.0667. The van der Waals surface area contributed by atoms with Crippen LogP contribution in [0.2, 0.25) is 0 Å². The smallest absolute Gasteiger partial charge is 0.265 e. The zero-order chi connectivity index (χ0) is 15.7. The highest BCUT2D eigenvalue weighted by molar-refractivity contribution is 5.97. The summed E-state index contributed by atoms with van der Waals surface area (Å²) in [6.07, 6.45) is 1.73. The number of rotatable bonds is 3. The van der Waals surface area contributed by atoms with Crippen molar-refractivity contribution in [2.24, 2.45) is 5.73 Å². The van der Waals surface area contributed by atoms with Gasteiger partial charge >= 0.3 is 0 Å². The lowest BCUT2D eigenvalue weighted by Crippen LogP contribution is -2.28. The first-order valence-corrected chi connectivity index (χ1v) is 6.57. The minimum absolute atomic E-state index is 0.235. The average molecular weight is 300 g/mol. The van der Waals surface area contributed by atoms with Crippen LogP contribution in [0.4, 0.5) is 10.2 Å². The molecule has 5 N–H and O–H groups in total. The molecule has 0 saturated heterocycles. The lowest BCUT2D eigenvalue weighted by molar-refractivity contribution is 0.0963. The van der Waals surface area contributed by atoms with Crippen LogP contribution in [-0.2, 0) is 0 Å². The van der Waals surface area contributed by atoms with Crippen LogP contribution in [0.3, 0.4) is 0 Å². The number of aromatic nitrogens is 1. The quantitative estimate of drug-likeness (QED) is 0.690. The van der Waals surface area contributed by atoms with E-state index in [1.54, 1.807) is 12.1 Å². The number of hydrogen-bond donors (Lipinski definition) is 4. The Labute approximate surface area is 125 Å². The van der Waals surface area contributed by atoms with E-state index < -0.39 is 17.6 Å². The van der Waals surface area contributed by atoms with Crippen LogP contribution in [0, 0.1) is 5.82 Å². The van der Waals surface area contributed by atoms with E-state index in [9.17, 15) is 14.0 Å². The van der Waals surface area contributed by atoms with E-state index in [-0.39, 0.29) is 11.3 Å². The zero-order valence-electron chi connectivity index (χ0n) is 11.4. The number of hydrogen-bond acceptors (Lipinski definition) is 3. The Balaban J connectivity index is 1.79. The maximum Gasteiger partial charge on any atom is 0.265 e. The van der Waals surface area contributed by atoms with Crippen molar-refractivity contribution in [2.45, 2.75) is 0 Å². The molecule has 0 aliphatic carbocycles. The first-order chi connectivity index (χ1) is 10.5. The molecule has 1 aliphatic heterocycles. The molecule has 0 bridgehead atoms. The molecular weight excluding hydrogens is 287 g/mol. The first kappa shape index (κ1) is 13.9. The second-order valence-corrected chi connectivity index (χ2v) is 4.87. The van der Waals surface area contributed by atoms with Crippen molar-refractivity contribution in [1.82, 2.24) is 10.3 Å². The Bertz CT molecular complexity index is 795. The molecule has 0 atom stereocenters. The van der Waals surface area contributed by atoms with Crippen molar-refractivity contribution in [3.8, 4) is 0 Å². The molecule has 3 rings (SSSR count). The van der Waals surface area contributed by atoms with Gasteiger partial charge in [-0.3, -0.25) is 9.59 Å². The standard InChI is InChI=1S/C15H13FN4O2/c16-10-3-1-2-8(4-10)15(22)19-11-5-9-6-12(13(17)21)20-14(9)18-7-11/h1-6,18,20H,7H2,(H2,17,21)(H,19,22). The van der Waals surface area contributed by atoms with Gasteiger partial charge in [-0.05, 0) is 30.3 Å². The maximum atomic E-state index is 13.1. The highest BCUT2D eigenvalue weighted by atomic mass is 19.1. The van der Waals surface area contributed by atoms with E-state index in [1.807, 2.05) is 0 Å². The number of primary amides is 1. The van der Waals surface area contributed by atoms with Crippen LogP contribution in [0.25, 0.3) is 6.08 Å². The van der Waals surface area contributed by atoms with Gasteiger partial charge in [0, 0.05) is 16.8 Å². The number of carbonyl (C=O) groups is 2. The fourth-order valence-electron chi connectivity index (χ4n) is 2.21. The van der Waals surface area contributed by atoms with Crippen molar-refractivity contribution in [3.05, 3.63) is 58.7 Å². The predicted octanol–water partition coefficient (Wildman–Crippen LogP) is 1.45. The van der Waals surface area contributed by atoms with Crippen LogP contribution in [0.15, 0.2) is 36.0 Å². The molecule has 0 saturated carbocycles. The topological polar surface area (TPSA) is 100 Å². The largest absolute Gasteiger partial charge is 0.366 e. The molecule has 1 aromatic carbocycles. The molecule has 112 valence electrons. The normalized spacial score (nSPS) is 12.9. The second-order valence-electron chi connectivity index (χ2n) is 4.87. The molecule has 22 heavy (non-hydrogen) atoms. The monoisotopic (exact) mass is 300 g/mol. The maximum absolute atomic E-state index is 13.1. The van der Waals surface area contributed by atoms with Gasteiger partial charge in [0.05, 0.1) is 6.54 Å². The van der Waals surface area contributed by atoms with Crippen molar-refractivity contribution in [2.75, 3.05) is 11.9 Å². The van der Waals surface area contributed by atoms with Crippen LogP contribution in [-0.4, -0.2) is 23.3 Å². The van der Waals surface area contributed by atoms with Crippen LogP contribution >= 0.6 is 0 Å². The number of anilines is 1. The first-order valence-electron chi connectivity index (χ1n) is 6.57. The van der Waals surface area contributed by atoms with Gasteiger partial charge in [-0.2, -0.15) is 0 Å². The van der Waals surface area contributed by atoms with Crippen molar-refractivity contribution < 1.29 is 14.0 Å². The summed E-state index contributed by atoms with van der Waals surface area (Å²) < 4.78 is 13.1. The number of aromatic amines is 1. The summed E-state index contributed by atoms with van der Waals surface area (Å²) >= 11 is 0. The van der Waals surface area contributed by atoms with Crippen molar-refractivity contribution in [1.29, 1.82) is 0 Å². The van der Waals surface area contributed by atoms with Gasteiger partial charge in [0.2, 0.25) is 0 Å². The zero-order valence-corrected chi connectivity index (χ0v) is 11.4. The Kier molecular flexibility index (Phi) is 3.38. The molecular formula is C15H13FN4O2. The van der Waals surface area contributed by atoms with Crippen LogP contribution in [0.5, 0.6) is 0 Å². The number of H-pyrrole nitrogens is 1. The summed E-state index contributed by atoms with van der Waals surface area (Å²) in [7, 11) is 0. The average Bonchev–Trinajstić information content (AvgIpc) is 2.90. The predicted molar refractivity (Wildman–Crippen MR) is 79.6 cm³/mol. The molecule has 0 fully saturated rings. The molecule has 6 nitrogen and oxygen atoms in total. The number of nitrogens with one attached hydrogen (secondary N) is 3. The number of nitrogens with two attached hydrogens (primary N) is 1. The Morgan fingerprint density at radius 3 is 2.82 bits per heavy atom. The van der Waals surface area contributed by atoms with Gasteiger partial charge < -0.3 is 21.4 Å². The van der Waals surface area contributed by atoms with E-state index >= 15 is 0 Å². The van der Waals surface area contributed by atoms with E-state index in [4.69, 9.17) is 5.73 Å². The van der Waals surface area contributed by atoms with Gasteiger partial charge in [-0.15, -0.1) is 0 Å². The fourth-order valence-corrected chi connectivity index (χ4v) is 2.21. The highest BCUT2D eigenvalue weighted by Gasteiger charge is 2.17. The molecule has 0 radical (unpaired) electrons. The van der Waals surface area contributed by atoms with Gasteiger partial charge in [0.1, 0.15) is 17.3 Å². The van der Waals surface area contributed by atoms with Crippen molar-refractivity contribution in [3.63, 3.8) is 0 Å². The minimum Gasteiger partial charge on any atom is -0.366 e. The van der Waals surface area contributed by atoms with Gasteiger partial charge in [-0.1, -0.05) is 6.07 Å². The Hall–Kier alpha value is -3.09. The molecule has 7 heteroatoms. The minimum atomic E-state index is -0.560. The number of amides is 2. The van der Waals surface area contributed by atoms with Gasteiger partial charge in [-0.25, -0.2) is 4.39 Å². The lowest BCUT2D eigenvalue weighted by Gasteiger charge is -2.16. The molecule has 2 amide bonds. The number of benzene rings is 1. The van der Waals surface area contributed by atoms with E-state index in [2.05, 4.69) is 15.6 Å². The molecule has 1 aromatic heterocycles. The summed E-state index contributed by atoms with van der Waals surface area (Å²) in [5, 5.41) is 5.74. The number of carbonyl (C=O) groups excluding carboxylic acids is 2. The SMILES string of the molecule is NC(=O)c1cc2c([nH]1)NCC(NC(=O)c1cccc(F)c1)=C2. The number of halogens is 1. The van der Waals surface area contributed by atoms with Crippen LogP contribution in [0.1, 0.15) is 26.4 Å². The van der Waals surface area contributed by atoms with Gasteiger partial charge in [0.15, 0.2) is 0 Å². The summed E-state index contributed by atoms with van der Waals surface area (Å²) in [5.41, 5.74) is 7.05.